The van der Waals surface area contributed by atoms with E-state index in [1.165, 1.54) is 0 Å². The highest BCUT2D eigenvalue weighted by Gasteiger charge is 2.51. The van der Waals surface area contributed by atoms with Gasteiger partial charge in [0.1, 0.15) is 17.7 Å². The monoisotopic (exact) mass is 459 g/mol. The molecule has 4 N–H and O–H groups in total. The number of rotatable bonds is 11. The standard InChI is InChI=1S/C20H33N3O9/c1-7-30-18(28)14-13(31-14)16(25)21-9-12(17(26)27)22-15(24)11(8-10(2)3)23-19(29)32-20(4,5)6/h10-14H,7-9H2,1-6H3,(H,21,25)(H,22,24)(H,23,29)(H,26,27)/t11-,12-,13+,14+/m0/s1. The van der Waals surface area contributed by atoms with Crippen LogP contribution in [0.1, 0.15) is 48.0 Å². The van der Waals surface area contributed by atoms with Crippen LogP contribution in [0.15, 0.2) is 0 Å². The number of carbonyl (C=O) groups excluding carboxylic acids is 4. The van der Waals surface area contributed by atoms with E-state index in [0.29, 0.717) is 0 Å². The van der Waals surface area contributed by atoms with Crippen LogP contribution < -0.4 is 16.0 Å². The topological polar surface area (TPSA) is 173 Å². The lowest BCUT2D eigenvalue weighted by Crippen LogP contribution is -2.55. The van der Waals surface area contributed by atoms with Crippen LogP contribution in [0.2, 0.25) is 0 Å². The Balaban J connectivity index is 2.68. The summed E-state index contributed by atoms with van der Waals surface area (Å²) >= 11 is 0. The van der Waals surface area contributed by atoms with Gasteiger partial charge in [0.25, 0.3) is 5.91 Å². The Kier molecular flexibility index (Phi) is 9.88. The summed E-state index contributed by atoms with van der Waals surface area (Å²) in [5.74, 6) is -3.50. The van der Waals surface area contributed by atoms with Gasteiger partial charge in [-0.3, -0.25) is 9.59 Å². The lowest BCUT2D eigenvalue weighted by molar-refractivity contribution is -0.145. The number of amides is 3. The number of aliphatic carboxylic acids is 1. The Morgan fingerprint density at radius 3 is 2.16 bits per heavy atom. The van der Waals surface area contributed by atoms with Crippen molar-refractivity contribution in [3.05, 3.63) is 0 Å². The van der Waals surface area contributed by atoms with Crippen molar-refractivity contribution in [2.75, 3.05) is 13.2 Å². The van der Waals surface area contributed by atoms with Gasteiger partial charge in [-0.25, -0.2) is 14.4 Å². The van der Waals surface area contributed by atoms with Gasteiger partial charge in [-0.15, -0.1) is 0 Å². The molecule has 1 aliphatic rings. The van der Waals surface area contributed by atoms with Gasteiger partial charge in [-0.2, -0.15) is 0 Å². The smallest absolute Gasteiger partial charge is 0.408 e. The number of ether oxygens (including phenoxy) is 3. The fourth-order valence-electron chi connectivity index (χ4n) is 2.64. The SMILES string of the molecule is CCOC(=O)[C@@H]1O[C@H]1C(=O)NC[C@H](NC(=O)[C@H](CC(C)C)NC(=O)OC(C)(C)C)C(=O)O. The quantitative estimate of drug-likeness (QED) is 0.244. The third-order valence-corrected chi connectivity index (χ3v) is 4.08. The van der Waals surface area contributed by atoms with Crippen molar-refractivity contribution < 1.29 is 43.3 Å². The van der Waals surface area contributed by atoms with Gasteiger partial charge in [0.2, 0.25) is 5.91 Å². The van der Waals surface area contributed by atoms with Crippen LogP contribution in [-0.4, -0.2) is 78.0 Å². The Morgan fingerprint density at radius 1 is 1.03 bits per heavy atom. The van der Waals surface area contributed by atoms with Gasteiger partial charge in [0, 0.05) is 6.54 Å². The Labute approximate surface area is 186 Å². The van der Waals surface area contributed by atoms with Crippen LogP contribution in [0, 0.1) is 5.92 Å². The van der Waals surface area contributed by atoms with Crippen molar-refractivity contribution in [1.82, 2.24) is 16.0 Å². The molecule has 12 heteroatoms. The van der Waals surface area contributed by atoms with E-state index in [9.17, 15) is 29.1 Å². The second-order valence-corrected chi connectivity index (χ2v) is 8.70. The van der Waals surface area contributed by atoms with E-state index in [-0.39, 0.29) is 18.9 Å². The maximum Gasteiger partial charge on any atom is 0.408 e. The highest BCUT2D eigenvalue weighted by Crippen LogP contribution is 2.23. The van der Waals surface area contributed by atoms with Crippen LogP contribution in [0.5, 0.6) is 0 Å². The molecule has 182 valence electrons. The molecule has 0 aromatic carbocycles. The number of carboxylic acid groups (broad SMARTS) is 1. The zero-order valence-electron chi connectivity index (χ0n) is 19.2. The molecule has 1 heterocycles. The largest absolute Gasteiger partial charge is 0.480 e. The molecular weight excluding hydrogens is 426 g/mol. The summed E-state index contributed by atoms with van der Waals surface area (Å²) in [7, 11) is 0. The van der Waals surface area contributed by atoms with Crippen molar-refractivity contribution in [2.45, 2.75) is 77.9 Å². The minimum absolute atomic E-state index is 0.00972. The molecule has 0 aliphatic carbocycles. The van der Waals surface area contributed by atoms with Crippen molar-refractivity contribution in [1.29, 1.82) is 0 Å². The van der Waals surface area contributed by atoms with Crippen molar-refractivity contribution in [3.63, 3.8) is 0 Å². The molecule has 1 fully saturated rings. The van der Waals surface area contributed by atoms with Crippen LogP contribution in [-0.2, 0) is 33.4 Å². The highest BCUT2D eigenvalue weighted by atomic mass is 16.6. The molecule has 1 saturated heterocycles. The van der Waals surface area contributed by atoms with Gasteiger partial charge in [-0.05, 0) is 40.0 Å². The summed E-state index contributed by atoms with van der Waals surface area (Å²) in [6.45, 7) is 9.98. The average Bonchev–Trinajstić information content (AvgIpc) is 3.43. The van der Waals surface area contributed by atoms with Gasteiger partial charge in [0.15, 0.2) is 12.2 Å². The van der Waals surface area contributed by atoms with E-state index >= 15 is 0 Å². The summed E-state index contributed by atoms with van der Waals surface area (Å²) < 4.78 is 14.8. The van der Waals surface area contributed by atoms with Crippen LogP contribution in [0.3, 0.4) is 0 Å². The minimum atomic E-state index is -1.47. The number of esters is 1. The summed E-state index contributed by atoms with van der Waals surface area (Å²) in [5.41, 5.74) is -0.775. The molecule has 0 bridgehead atoms. The number of hydrogen-bond donors (Lipinski definition) is 4. The first-order valence-corrected chi connectivity index (χ1v) is 10.4. The molecule has 0 radical (unpaired) electrons. The zero-order chi connectivity index (χ0) is 24.6. The third-order valence-electron chi connectivity index (χ3n) is 4.08. The van der Waals surface area contributed by atoms with Crippen molar-refractivity contribution >= 4 is 29.8 Å². The van der Waals surface area contributed by atoms with Gasteiger partial charge >= 0.3 is 18.0 Å². The first-order chi connectivity index (χ1) is 14.7. The second-order valence-electron chi connectivity index (χ2n) is 8.70. The van der Waals surface area contributed by atoms with Crippen LogP contribution in [0.4, 0.5) is 4.79 Å². The Bertz CT molecular complexity index is 718. The molecule has 1 aliphatic heterocycles. The minimum Gasteiger partial charge on any atom is -0.480 e. The summed E-state index contributed by atoms with van der Waals surface area (Å²) in [5, 5.41) is 16.5. The van der Waals surface area contributed by atoms with Crippen molar-refractivity contribution in [2.24, 2.45) is 5.92 Å². The summed E-state index contributed by atoms with van der Waals surface area (Å²) in [6, 6.07) is -2.51. The predicted molar refractivity (Wildman–Crippen MR) is 110 cm³/mol. The van der Waals surface area contributed by atoms with E-state index in [1.807, 2.05) is 13.8 Å². The number of carboxylic acids is 1. The molecule has 0 saturated carbocycles. The first kappa shape index (κ1) is 27.1. The van der Waals surface area contributed by atoms with E-state index < -0.39 is 66.3 Å². The molecular formula is C20H33N3O9. The van der Waals surface area contributed by atoms with Gasteiger partial charge in [0.05, 0.1) is 6.61 Å². The molecule has 1 rings (SSSR count). The lowest BCUT2D eigenvalue weighted by atomic mass is 10.0. The molecule has 0 unspecified atom stereocenters. The second kappa shape index (κ2) is 11.7. The van der Waals surface area contributed by atoms with Gasteiger partial charge < -0.3 is 35.3 Å². The Hall–Kier alpha value is -2.89. The van der Waals surface area contributed by atoms with Crippen LogP contribution >= 0.6 is 0 Å². The maximum absolute atomic E-state index is 12.7. The number of hydrogen-bond acceptors (Lipinski definition) is 8. The maximum atomic E-state index is 12.7. The van der Waals surface area contributed by atoms with Crippen LogP contribution in [0.25, 0.3) is 0 Å². The molecule has 4 atom stereocenters. The lowest BCUT2D eigenvalue weighted by Gasteiger charge is -2.25. The first-order valence-electron chi connectivity index (χ1n) is 10.4. The number of nitrogens with one attached hydrogen (secondary N) is 3. The zero-order valence-corrected chi connectivity index (χ0v) is 19.2. The predicted octanol–water partition coefficient (Wildman–Crippen LogP) is -0.0581. The summed E-state index contributed by atoms with van der Waals surface area (Å²) in [6.07, 6.45) is -2.67. The molecule has 0 aromatic rings. The fourth-order valence-corrected chi connectivity index (χ4v) is 2.64. The summed E-state index contributed by atoms with van der Waals surface area (Å²) in [4.78, 5) is 59.9. The third kappa shape index (κ3) is 9.50. The molecule has 0 aromatic heterocycles. The van der Waals surface area contributed by atoms with E-state index in [0.717, 1.165) is 0 Å². The fraction of sp³-hybridized carbons (Fsp3) is 0.750. The molecule has 12 nitrogen and oxygen atoms in total. The van der Waals surface area contributed by atoms with E-state index in [1.54, 1.807) is 27.7 Å². The molecule has 3 amide bonds. The molecule has 32 heavy (non-hydrogen) atoms. The van der Waals surface area contributed by atoms with E-state index in [2.05, 4.69) is 16.0 Å². The normalized spacial score (nSPS) is 19.3. The molecule has 0 spiro atoms. The van der Waals surface area contributed by atoms with Gasteiger partial charge in [-0.1, -0.05) is 13.8 Å². The number of carbonyl (C=O) groups is 5. The number of epoxide rings is 1. The highest BCUT2D eigenvalue weighted by molar-refractivity contribution is 5.93. The van der Waals surface area contributed by atoms with Crippen molar-refractivity contribution in [3.8, 4) is 0 Å². The number of alkyl carbamates (subject to hydrolysis) is 1. The van der Waals surface area contributed by atoms with E-state index in [4.69, 9.17) is 14.2 Å². The Morgan fingerprint density at radius 2 is 1.66 bits per heavy atom. The average molecular weight is 459 g/mol.